The van der Waals surface area contributed by atoms with Gasteiger partial charge in [0, 0.05) is 16.7 Å². The molecule has 0 bridgehead atoms. The molecule has 3 aromatic rings. The van der Waals surface area contributed by atoms with E-state index in [0.717, 1.165) is 11.1 Å². The first-order chi connectivity index (χ1) is 12.7. The quantitative estimate of drug-likeness (QED) is 0.331. The van der Waals surface area contributed by atoms with Crippen LogP contribution in [0.15, 0.2) is 42.5 Å². The summed E-state index contributed by atoms with van der Waals surface area (Å²) in [5.74, 6) is -1.96. The van der Waals surface area contributed by atoms with Gasteiger partial charge in [0.1, 0.15) is 5.69 Å². The van der Waals surface area contributed by atoms with Gasteiger partial charge in [-0.25, -0.2) is 0 Å². The normalized spacial score (nSPS) is 13.9. The van der Waals surface area contributed by atoms with Crippen LogP contribution in [-0.4, -0.2) is 20.4 Å². The number of phenols is 4. The molecule has 0 fully saturated rings. The molecular formula is C22H21NO4. The minimum Gasteiger partial charge on any atom is -0.504 e. The summed E-state index contributed by atoms with van der Waals surface area (Å²) in [6.07, 6.45) is 0. The van der Waals surface area contributed by atoms with E-state index in [0.29, 0.717) is 5.69 Å². The Balaban J connectivity index is 1.83. The Labute approximate surface area is 157 Å². The van der Waals surface area contributed by atoms with Gasteiger partial charge in [0.25, 0.3) is 0 Å². The zero-order valence-corrected chi connectivity index (χ0v) is 15.3. The Kier molecular flexibility index (Phi) is 3.53. The molecule has 5 heteroatoms. The Morgan fingerprint density at radius 2 is 1.33 bits per heavy atom. The van der Waals surface area contributed by atoms with Crippen molar-refractivity contribution in [3.63, 3.8) is 0 Å². The van der Waals surface area contributed by atoms with Gasteiger partial charge in [-0.3, -0.25) is 0 Å². The minimum absolute atomic E-state index is 0.0141. The highest BCUT2D eigenvalue weighted by Gasteiger charge is 2.35. The Bertz CT molecular complexity index is 1060. The third-order valence-corrected chi connectivity index (χ3v) is 5.49. The number of anilines is 2. The Morgan fingerprint density at radius 3 is 2.00 bits per heavy atom. The van der Waals surface area contributed by atoms with Crippen LogP contribution in [0.2, 0.25) is 0 Å². The summed E-state index contributed by atoms with van der Waals surface area (Å²) in [5.41, 5.74) is 5.03. The van der Waals surface area contributed by atoms with E-state index in [4.69, 9.17) is 0 Å². The highest BCUT2D eigenvalue weighted by Crippen LogP contribution is 2.52. The Hall–Kier alpha value is -3.34. The van der Waals surface area contributed by atoms with Crippen molar-refractivity contribution in [1.82, 2.24) is 0 Å². The first kappa shape index (κ1) is 17.1. The van der Waals surface area contributed by atoms with Crippen LogP contribution in [0.3, 0.4) is 0 Å². The first-order valence-electron chi connectivity index (χ1n) is 8.71. The van der Waals surface area contributed by atoms with Crippen LogP contribution < -0.4 is 5.32 Å². The number of hydrogen-bond donors (Lipinski definition) is 5. The third kappa shape index (κ3) is 2.31. The second-order valence-electron chi connectivity index (χ2n) is 7.45. The summed E-state index contributed by atoms with van der Waals surface area (Å²) in [5, 5.41) is 43.2. The van der Waals surface area contributed by atoms with E-state index < -0.39 is 23.0 Å². The fraction of sp³-hybridized carbons (Fsp3) is 0.182. The highest BCUT2D eigenvalue weighted by molar-refractivity contribution is 5.86. The molecule has 27 heavy (non-hydrogen) atoms. The number of fused-ring (bicyclic) bond motifs is 3. The maximum atomic E-state index is 10.2. The molecule has 4 rings (SSSR count). The summed E-state index contributed by atoms with van der Waals surface area (Å²) in [6.45, 7) is 5.76. The van der Waals surface area contributed by atoms with Crippen LogP contribution in [0, 0.1) is 6.92 Å². The number of phenolic OH excluding ortho intramolecular Hbond substituents is 4. The lowest BCUT2D eigenvalue weighted by Gasteiger charge is -2.21. The molecule has 0 atom stereocenters. The number of benzene rings is 3. The number of aromatic hydroxyl groups is 4. The van der Waals surface area contributed by atoms with Gasteiger partial charge < -0.3 is 25.7 Å². The molecule has 0 radical (unpaired) electrons. The lowest BCUT2D eigenvalue weighted by molar-refractivity contribution is 0.371. The lowest BCUT2D eigenvalue weighted by Crippen LogP contribution is -2.14. The van der Waals surface area contributed by atoms with Gasteiger partial charge in [-0.15, -0.1) is 0 Å². The molecule has 0 spiro atoms. The zero-order chi connectivity index (χ0) is 19.5. The molecular weight excluding hydrogens is 342 g/mol. The molecule has 1 aliphatic rings. The summed E-state index contributed by atoms with van der Waals surface area (Å²) >= 11 is 0. The van der Waals surface area contributed by atoms with Gasteiger partial charge in [-0.05, 0) is 41.3 Å². The van der Waals surface area contributed by atoms with E-state index in [9.17, 15) is 20.4 Å². The summed E-state index contributed by atoms with van der Waals surface area (Å²) in [7, 11) is 0. The largest absolute Gasteiger partial charge is 0.504 e. The molecule has 1 aliphatic carbocycles. The molecule has 0 aromatic heterocycles. The van der Waals surface area contributed by atoms with Gasteiger partial charge in [0.2, 0.25) is 0 Å². The number of hydrogen-bond acceptors (Lipinski definition) is 5. The van der Waals surface area contributed by atoms with Gasteiger partial charge in [0.15, 0.2) is 23.0 Å². The molecule has 138 valence electrons. The van der Waals surface area contributed by atoms with Crippen molar-refractivity contribution in [1.29, 1.82) is 0 Å². The van der Waals surface area contributed by atoms with Crippen molar-refractivity contribution >= 4 is 11.4 Å². The maximum absolute atomic E-state index is 10.2. The molecule has 5 N–H and O–H groups in total. The van der Waals surface area contributed by atoms with E-state index in [1.54, 1.807) is 0 Å². The van der Waals surface area contributed by atoms with Gasteiger partial charge in [-0.2, -0.15) is 0 Å². The molecule has 0 amide bonds. The average Bonchev–Trinajstić information content (AvgIpc) is 2.89. The molecule has 0 unspecified atom stereocenters. The predicted octanol–water partition coefficient (Wildman–Crippen LogP) is 4.87. The monoisotopic (exact) mass is 363 g/mol. The van der Waals surface area contributed by atoms with Crippen LogP contribution in [0.25, 0.3) is 11.1 Å². The highest BCUT2D eigenvalue weighted by atomic mass is 16.3. The first-order valence-corrected chi connectivity index (χ1v) is 8.71. The van der Waals surface area contributed by atoms with Crippen molar-refractivity contribution in [3.8, 4) is 34.1 Å². The fourth-order valence-corrected chi connectivity index (χ4v) is 3.88. The number of nitrogens with one attached hydrogen (secondary N) is 1. The van der Waals surface area contributed by atoms with Crippen LogP contribution in [0.4, 0.5) is 11.4 Å². The smallest absolute Gasteiger partial charge is 0.185 e. The topological polar surface area (TPSA) is 93.0 Å². The summed E-state index contributed by atoms with van der Waals surface area (Å²) in [6, 6.07) is 14.0. The van der Waals surface area contributed by atoms with E-state index >= 15 is 0 Å². The molecule has 0 heterocycles. The van der Waals surface area contributed by atoms with Crippen LogP contribution in [-0.2, 0) is 5.41 Å². The minimum atomic E-state index is -0.510. The van der Waals surface area contributed by atoms with E-state index in [1.165, 1.54) is 18.1 Å². The van der Waals surface area contributed by atoms with Crippen LogP contribution in [0.5, 0.6) is 23.0 Å². The fourth-order valence-electron chi connectivity index (χ4n) is 3.88. The second-order valence-corrected chi connectivity index (χ2v) is 7.45. The average molecular weight is 363 g/mol. The molecule has 0 aliphatic heterocycles. The number of rotatable bonds is 2. The van der Waals surface area contributed by atoms with Crippen molar-refractivity contribution in [2.24, 2.45) is 0 Å². The van der Waals surface area contributed by atoms with Crippen molar-refractivity contribution in [2.75, 3.05) is 5.32 Å². The van der Waals surface area contributed by atoms with Crippen LogP contribution >= 0.6 is 0 Å². The molecule has 0 saturated heterocycles. The van der Waals surface area contributed by atoms with E-state index in [-0.39, 0.29) is 16.7 Å². The summed E-state index contributed by atoms with van der Waals surface area (Å²) < 4.78 is 0. The standard InChI is InChI=1S/C22H21NO4/c1-11-18(24)20(26)17(21(27)19(11)25)23-12-8-9-16-14(10-12)13-6-4-5-7-15(13)22(16,2)3/h4-10,23-27H,1-3H3. The zero-order valence-electron chi connectivity index (χ0n) is 15.3. The molecule has 3 aromatic carbocycles. The maximum Gasteiger partial charge on any atom is 0.185 e. The Morgan fingerprint density at radius 1 is 0.741 bits per heavy atom. The third-order valence-electron chi connectivity index (χ3n) is 5.49. The van der Waals surface area contributed by atoms with Crippen molar-refractivity contribution < 1.29 is 20.4 Å². The lowest BCUT2D eigenvalue weighted by atomic mass is 9.82. The predicted molar refractivity (Wildman–Crippen MR) is 105 cm³/mol. The van der Waals surface area contributed by atoms with Crippen LogP contribution in [0.1, 0.15) is 30.5 Å². The molecule has 0 saturated carbocycles. The summed E-state index contributed by atoms with van der Waals surface area (Å²) in [4.78, 5) is 0. The van der Waals surface area contributed by atoms with Gasteiger partial charge >= 0.3 is 0 Å². The van der Waals surface area contributed by atoms with Crippen molar-refractivity contribution in [3.05, 3.63) is 59.2 Å². The SMILES string of the molecule is Cc1c(O)c(O)c(Nc2ccc3c(c2)-c2ccccc2C3(C)C)c(O)c1O. The van der Waals surface area contributed by atoms with Gasteiger partial charge in [-0.1, -0.05) is 44.2 Å². The van der Waals surface area contributed by atoms with Gasteiger partial charge in [0.05, 0.1) is 0 Å². The van der Waals surface area contributed by atoms with Crippen molar-refractivity contribution in [2.45, 2.75) is 26.2 Å². The van der Waals surface area contributed by atoms with E-state index in [2.05, 4.69) is 31.3 Å². The van der Waals surface area contributed by atoms with E-state index in [1.807, 2.05) is 30.3 Å². The second kappa shape index (κ2) is 5.58. The molecule has 5 nitrogen and oxygen atoms in total.